The zero-order valence-corrected chi connectivity index (χ0v) is 7.30. The Hall–Kier alpha value is -1.12. The molecule has 0 fully saturated rings. The molecule has 0 aromatic rings. The third kappa shape index (κ3) is 1.18. The first-order valence-electron chi connectivity index (χ1n) is 3.55. The van der Waals surface area contributed by atoms with E-state index in [1.807, 2.05) is 20.8 Å². The fourth-order valence-corrected chi connectivity index (χ4v) is 1.21. The first-order valence-corrected chi connectivity index (χ1v) is 3.55. The maximum absolute atomic E-state index is 11.3. The molecular weight excluding hydrogens is 140 g/mol. The van der Waals surface area contributed by atoms with Gasteiger partial charge in [-0.1, -0.05) is 5.57 Å². The summed E-state index contributed by atoms with van der Waals surface area (Å²) in [7, 11) is 1.67. The standard InChI is InChI=1S/C8H12N2O/c1-5(2)7-6(3)9-10(4)8(7)11/h1-4H3. The van der Waals surface area contributed by atoms with Crippen LogP contribution in [-0.4, -0.2) is 23.7 Å². The minimum Gasteiger partial charge on any atom is -0.267 e. The van der Waals surface area contributed by atoms with Gasteiger partial charge in [-0.05, 0) is 20.8 Å². The lowest BCUT2D eigenvalue weighted by Crippen LogP contribution is -2.17. The maximum Gasteiger partial charge on any atom is 0.275 e. The average molecular weight is 152 g/mol. The summed E-state index contributed by atoms with van der Waals surface area (Å²) in [6.07, 6.45) is 0. The molecule has 0 aromatic heterocycles. The van der Waals surface area contributed by atoms with Crippen molar-refractivity contribution in [1.82, 2.24) is 5.01 Å². The molecule has 0 saturated carbocycles. The van der Waals surface area contributed by atoms with Crippen LogP contribution in [0.5, 0.6) is 0 Å². The molecule has 0 N–H and O–H groups in total. The Bertz CT molecular complexity index is 259. The van der Waals surface area contributed by atoms with Crippen molar-refractivity contribution < 1.29 is 4.79 Å². The Morgan fingerprint density at radius 1 is 1.45 bits per heavy atom. The number of hydrogen-bond donors (Lipinski definition) is 0. The van der Waals surface area contributed by atoms with E-state index in [1.54, 1.807) is 7.05 Å². The lowest BCUT2D eigenvalue weighted by molar-refractivity contribution is -0.124. The lowest BCUT2D eigenvalue weighted by atomic mass is 10.1. The third-order valence-electron chi connectivity index (χ3n) is 1.67. The summed E-state index contributed by atoms with van der Waals surface area (Å²) < 4.78 is 0. The highest BCUT2D eigenvalue weighted by atomic mass is 16.2. The van der Waals surface area contributed by atoms with E-state index in [9.17, 15) is 4.79 Å². The van der Waals surface area contributed by atoms with Crippen molar-refractivity contribution in [3.05, 3.63) is 11.1 Å². The average Bonchev–Trinajstić information content (AvgIpc) is 2.07. The molecule has 0 unspecified atom stereocenters. The van der Waals surface area contributed by atoms with Crippen molar-refractivity contribution in [3.63, 3.8) is 0 Å². The predicted molar refractivity (Wildman–Crippen MR) is 44.3 cm³/mol. The number of carbonyl (C=O) groups is 1. The molecule has 3 heteroatoms. The predicted octanol–water partition coefficient (Wildman–Crippen LogP) is 1.17. The van der Waals surface area contributed by atoms with Crippen LogP contribution in [0.1, 0.15) is 20.8 Å². The van der Waals surface area contributed by atoms with Crippen molar-refractivity contribution in [2.24, 2.45) is 5.10 Å². The van der Waals surface area contributed by atoms with Crippen molar-refractivity contribution >= 4 is 11.6 Å². The Labute approximate surface area is 66.4 Å². The van der Waals surface area contributed by atoms with E-state index < -0.39 is 0 Å². The van der Waals surface area contributed by atoms with Gasteiger partial charge in [0.1, 0.15) is 0 Å². The van der Waals surface area contributed by atoms with E-state index in [0.717, 1.165) is 16.9 Å². The summed E-state index contributed by atoms with van der Waals surface area (Å²) >= 11 is 0. The van der Waals surface area contributed by atoms with Gasteiger partial charge >= 0.3 is 0 Å². The zero-order valence-electron chi connectivity index (χ0n) is 7.30. The van der Waals surface area contributed by atoms with E-state index >= 15 is 0 Å². The third-order valence-corrected chi connectivity index (χ3v) is 1.67. The quantitative estimate of drug-likeness (QED) is 0.479. The summed E-state index contributed by atoms with van der Waals surface area (Å²) in [4.78, 5) is 11.3. The summed E-state index contributed by atoms with van der Waals surface area (Å²) in [6, 6.07) is 0. The first-order chi connectivity index (χ1) is 5.04. The van der Waals surface area contributed by atoms with Gasteiger partial charge in [0.05, 0.1) is 11.3 Å². The maximum atomic E-state index is 11.3. The number of rotatable bonds is 0. The van der Waals surface area contributed by atoms with Crippen LogP contribution in [0.15, 0.2) is 16.2 Å². The Morgan fingerprint density at radius 3 is 2.18 bits per heavy atom. The van der Waals surface area contributed by atoms with Crippen LogP contribution in [0, 0.1) is 0 Å². The number of hydrazone groups is 1. The molecule has 11 heavy (non-hydrogen) atoms. The second-order valence-corrected chi connectivity index (χ2v) is 2.89. The van der Waals surface area contributed by atoms with Gasteiger partial charge in [-0.3, -0.25) is 4.79 Å². The minimum absolute atomic E-state index is 0.00231. The van der Waals surface area contributed by atoms with Gasteiger partial charge in [0, 0.05) is 7.05 Å². The minimum atomic E-state index is 0.00231. The van der Waals surface area contributed by atoms with Crippen LogP contribution in [0.3, 0.4) is 0 Å². The fraction of sp³-hybridized carbons (Fsp3) is 0.500. The van der Waals surface area contributed by atoms with E-state index in [0.29, 0.717) is 0 Å². The van der Waals surface area contributed by atoms with Crippen molar-refractivity contribution in [2.75, 3.05) is 7.05 Å². The van der Waals surface area contributed by atoms with Crippen LogP contribution in [0.4, 0.5) is 0 Å². The Balaban J connectivity index is 3.12. The molecule has 1 rings (SSSR count). The number of likely N-dealkylation sites (N-methyl/N-ethyl adjacent to an activating group) is 1. The van der Waals surface area contributed by atoms with Crippen molar-refractivity contribution in [1.29, 1.82) is 0 Å². The number of amides is 1. The lowest BCUT2D eigenvalue weighted by Gasteiger charge is -2.02. The second-order valence-electron chi connectivity index (χ2n) is 2.89. The van der Waals surface area contributed by atoms with Crippen LogP contribution < -0.4 is 0 Å². The molecule has 1 aliphatic heterocycles. The fourth-order valence-electron chi connectivity index (χ4n) is 1.21. The number of carbonyl (C=O) groups excluding carboxylic acids is 1. The normalized spacial score (nSPS) is 17.5. The largest absolute Gasteiger partial charge is 0.275 e. The van der Waals surface area contributed by atoms with E-state index in [2.05, 4.69) is 5.10 Å². The summed E-state index contributed by atoms with van der Waals surface area (Å²) in [6.45, 7) is 5.70. The van der Waals surface area contributed by atoms with Gasteiger partial charge in [0.15, 0.2) is 0 Å². The van der Waals surface area contributed by atoms with Gasteiger partial charge in [-0.25, -0.2) is 5.01 Å². The zero-order chi connectivity index (χ0) is 8.59. The molecule has 0 aliphatic carbocycles. The van der Waals surface area contributed by atoms with Crippen LogP contribution in [0.25, 0.3) is 0 Å². The molecule has 0 saturated heterocycles. The van der Waals surface area contributed by atoms with Gasteiger partial charge in [0.2, 0.25) is 0 Å². The number of nitrogens with zero attached hydrogens (tertiary/aromatic N) is 2. The molecule has 0 spiro atoms. The molecule has 1 amide bonds. The summed E-state index contributed by atoms with van der Waals surface area (Å²) in [5.41, 5.74) is 2.60. The molecule has 3 nitrogen and oxygen atoms in total. The molecule has 0 radical (unpaired) electrons. The Kier molecular flexibility index (Phi) is 1.81. The number of hydrogen-bond acceptors (Lipinski definition) is 2. The number of allylic oxidation sites excluding steroid dienone is 1. The van der Waals surface area contributed by atoms with Gasteiger partial charge in [-0.15, -0.1) is 0 Å². The van der Waals surface area contributed by atoms with Crippen molar-refractivity contribution in [3.8, 4) is 0 Å². The Morgan fingerprint density at radius 2 is 2.00 bits per heavy atom. The van der Waals surface area contributed by atoms with Gasteiger partial charge < -0.3 is 0 Å². The van der Waals surface area contributed by atoms with E-state index in [4.69, 9.17) is 0 Å². The van der Waals surface area contributed by atoms with Crippen LogP contribution in [-0.2, 0) is 4.79 Å². The molecule has 0 bridgehead atoms. The van der Waals surface area contributed by atoms with E-state index in [-0.39, 0.29) is 5.91 Å². The molecule has 0 atom stereocenters. The van der Waals surface area contributed by atoms with Gasteiger partial charge in [-0.2, -0.15) is 5.10 Å². The molecule has 1 heterocycles. The smallest absolute Gasteiger partial charge is 0.267 e. The molecule has 0 aromatic carbocycles. The first kappa shape index (κ1) is 7.98. The van der Waals surface area contributed by atoms with E-state index in [1.165, 1.54) is 5.01 Å². The SMILES string of the molecule is CC1=NN(C)C(=O)C1=C(C)C. The highest BCUT2D eigenvalue weighted by Gasteiger charge is 2.24. The highest BCUT2D eigenvalue weighted by Crippen LogP contribution is 2.16. The monoisotopic (exact) mass is 152 g/mol. The molecule has 60 valence electrons. The highest BCUT2D eigenvalue weighted by molar-refractivity contribution is 6.24. The van der Waals surface area contributed by atoms with Gasteiger partial charge in [0.25, 0.3) is 5.91 Å². The van der Waals surface area contributed by atoms with Crippen LogP contribution >= 0.6 is 0 Å². The van der Waals surface area contributed by atoms with Crippen LogP contribution in [0.2, 0.25) is 0 Å². The molecular formula is C8H12N2O. The topological polar surface area (TPSA) is 32.7 Å². The molecule has 1 aliphatic rings. The van der Waals surface area contributed by atoms with Crippen molar-refractivity contribution in [2.45, 2.75) is 20.8 Å². The second kappa shape index (κ2) is 2.49. The summed E-state index contributed by atoms with van der Waals surface area (Å²) in [5.74, 6) is 0.00231. The summed E-state index contributed by atoms with van der Waals surface area (Å²) in [5, 5.41) is 5.39.